The Morgan fingerprint density at radius 2 is 1.86 bits per heavy atom. The summed E-state index contributed by atoms with van der Waals surface area (Å²) in [7, 11) is 1.63. The lowest BCUT2D eigenvalue weighted by Gasteiger charge is -2.42. The summed E-state index contributed by atoms with van der Waals surface area (Å²) < 4.78 is 18.9. The van der Waals surface area contributed by atoms with Gasteiger partial charge >= 0.3 is 12.1 Å². The third-order valence-electron chi connectivity index (χ3n) is 8.07. The van der Waals surface area contributed by atoms with E-state index in [1.54, 1.807) is 17.7 Å². The number of rotatable bonds is 10. The molecule has 2 aromatic heterocycles. The second-order valence-corrected chi connectivity index (χ2v) is 12.5. The predicted octanol–water partition coefficient (Wildman–Crippen LogP) is 3.93. The molecule has 3 heterocycles. The number of unbranched alkanes of at least 4 members (excludes halogenated alkanes) is 1. The fraction of sp³-hybridized carbons (Fsp3) is 0.548. The van der Waals surface area contributed by atoms with Crippen LogP contribution in [0.15, 0.2) is 24.3 Å². The standard InChI is InChI=1S/C31H43N7O5/c1-6-7-14-42-28-34-25(32)22-16-23(26(33)39)38(27(22)35-28)18-21-9-8-20(15-24(21)41-5)17-37-13-12-36(19-31(37)10-11-31)29(40)43-30(2,3)4/h8-9,15-16H,6-7,10-14,17-19H2,1-5H3,(H2,33,39)(H2,32,34,35). The molecule has 12 heteroatoms. The highest BCUT2D eigenvalue weighted by Crippen LogP contribution is 2.45. The van der Waals surface area contributed by atoms with Crippen LogP contribution in [0.25, 0.3) is 11.0 Å². The van der Waals surface area contributed by atoms with Crippen LogP contribution in [0.3, 0.4) is 0 Å². The topological polar surface area (TPSA) is 151 Å². The second kappa shape index (κ2) is 11.9. The van der Waals surface area contributed by atoms with E-state index in [1.807, 2.05) is 37.8 Å². The summed E-state index contributed by atoms with van der Waals surface area (Å²) >= 11 is 0. The minimum absolute atomic E-state index is 0.0158. The molecule has 1 aliphatic carbocycles. The first-order valence-corrected chi connectivity index (χ1v) is 14.9. The number of fused-ring (bicyclic) bond motifs is 1. The fourth-order valence-electron chi connectivity index (χ4n) is 5.63. The SMILES string of the molecule is CCCCOc1nc(N)c2cc(C(N)=O)n(Cc3ccc(CN4CCN(C(=O)OC(C)(C)C)CC45CC5)cc3OC)c2n1. The Bertz CT molecular complexity index is 1510. The van der Waals surface area contributed by atoms with Gasteiger partial charge < -0.3 is 35.1 Å². The van der Waals surface area contributed by atoms with Crippen LogP contribution in [0.2, 0.25) is 0 Å². The first kappa shape index (κ1) is 30.4. The maximum absolute atomic E-state index is 12.7. The summed E-state index contributed by atoms with van der Waals surface area (Å²) in [4.78, 5) is 38.3. The van der Waals surface area contributed by atoms with Gasteiger partial charge in [-0.3, -0.25) is 9.69 Å². The van der Waals surface area contributed by atoms with Crippen LogP contribution < -0.4 is 20.9 Å². The number of benzene rings is 1. The van der Waals surface area contributed by atoms with Crippen molar-refractivity contribution in [1.82, 2.24) is 24.3 Å². The Hall–Kier alpha value is -4.06. The monoisotopic (exact) mass is 593 g/mol. The van der Waals surface area contributed by atoms with Crippen molar-refractivity contribution in [3.63, 3.8) is 0 Å². The molecular formula is C31H43N7O5. The molecule has 1 aliphatic heterocycles. The zero-order valence-electron chi connectivity index (χ0n) is 25.8. The number of carbonyl (C=O) groups excluding carboxylic acids is 2. The minimum atomic E-state index is -0.596. The summed E-state index contributed by atoms with van der Waals surface area (Å²) in [6, 6.07) is 7.90. The highest BCUT2D eigenvalue weighted by atomic mass is 16.6. The van der Waals surface area contributed by atoms with Crippen LogP contribution in [-0.2, 0) is 17.8 Å². The number of nitrogens with zero attached hydrogens (tertiary/aromatic N) is 5. The van der Waals surface area contributed by atoms with Crippen molar-refractivity contribution in [3.05, 3.63) is 41.1 Å². The maximum atomic E-state index is 12.7. The average Bonchev–Trinajstić information content (AvgIpc) is 3.61. The summed E-state index contributed by atoms with van der Waals surface area (Å²) in [6.07, 6.45) is 3.68. The molecule has 5 rings (SSSR count). The van der Waals surface area contributed by atoms with Crippen molar-refractivity contribution in [1.29, 1.82) is 0 Å². The second-order valence-electron chi connectivity index (χ2n) is 12.5. The molecule has 1 spiro atoms. The molecule has 43 heavy (non-hydrogen) atoms. The Labute approximate surface area is 252 Å². The Morgan fingerprint density at radius 1 is 1.09 bits per heavy atom. The molecule has 2 amide bonds. The van der Waals surface area contributed by atoms with Gasteiger partial charge in [-0.1, -0.05) is 25.5 Å². The van der Waals surface area contributed by atoms with Crippen LogP contribution in [0.4, 0.5) is 10.6 Å². The number of anilines is 1. The number of hydrogen-bond acceptors (Lipinski definition) is 9. The van der Waals surface area contributed by atoms with E-state index >= 15 is 0 Å². The number of hydrogen-bond donors (Lipinski definition) is 2. The molecule has 0 bridgehead atoms. The molecule has 232 valence electrons. The van der Waals surface area contributed by atoms with Gasteiger partial charge in [0, 0.05) is 37.3 Å². The first-order chi connectivity index (χ1) is 20.4. The quantitative estimate of drug-likeness (QED) is 0.333. The smallest absolute Gasteiger partial charge is 0.410 e. The van der Waals surface area contributed by atoms with Crippen LogP contribution in [-0.4, -0.2) is 80.8 Å². The average molecular weight is 594 g/mol. The fourth-order valence-corrected chi connectivity index (χ4v) is 5.63. The molecule has 0 radical (unpaired) electrons. The summed E-state index contributed by atoms with van der Waals surface area (Å²) in [6.45, 7) is 11.3. The third kappa shape index (κ3) is 6.64. The summed E-state index contributed by atoms with van der Waals surface area (Å²) in [5, 5.41) is 0.535. The van der Waals surface area contributed by atoms with Crippen molar-refractivity contribution >= 4 is 28.9 Å². The van der Waals surface area contributed by atoms with Gasteiger partial charge in [0.15, 0.2) is 0 Å². The molecule has 12 nitrogen and oxygen atoms in total. The zero-order chi connectivity index (χ0) is 30.9. The highest BCUT2D eigenvalue weighted by Gasteiger charge is 2.52. The molecular weight excluding hydrogens is 550 g/mol. The maximum Gasteiger partial charge on any atom is 0.410 e. The molecule has 1 saturated carbocycles. The molecule has 4 N–H and O–H groups in total. The lowest BCUT2D eigenvalue weighted by Crippen LogP contribution is -2.56. The van der Waals surface area contributed by atoms with Crippen molar-refractivity contribution in [2.45, 2.75) is 77.6 Å². The first-order valence-electron chi connectivity index (χ1n) is 14.9. The van der Waals surface area contributed by atoms with Gasteiger partial charge in [-0.15, -0.1) is 0 Å². The van der Waals surface area contributed by atoms with Gasteiger partial charge in [-0.05, 0) is 57.7 Å². The van der Waals surface area contributed by atoms with Crippen LogP contribution in [0.1, 0.15) is 75.0 Å². The van der Waals surface area contributed by atoms with Gasteiger partial charge in [0.25, 0.3) is 5.91 Å². The molecule has 2 fully saturated rings. The normalized spacial score (nSPS) is 16.4. The number of carbonyl (C=O) groups is 2. The Kier molecular flexibility index (Phi) is 8.42. The zero-order valence-corrected chi connectivity index (χ0v) is 25.8. The molecule has 0 atom stereocenters. The van der Waals surface area contributed by atoms with E-state index < -0.39 is 11.5 Å². The van der Waals surface area contributed by atoms with Crippen molar-refractivity contribution < 1.29 is 23.8 Å². The van der Waals surface area contributed by atoms with E-state index in [1.165, 1.54) is 0 Å². The molecule has 2 aliphatic rings. The number of amides is 2. The number of primary amides is 1. The Morgan fingerprint density at radius 3 is 2.51 bits per heavy atom. The van der Waals surface area contributed by atoms with E-state index in [0.717, 1.165) is 49.9 Å². The number of ether oxygens (including phenoxy) is 3. The van der Waals surface area contributed by atoms with E-state index in [0.29, 0.717) is 36.5 Å². The van der Waals surface area contributed by atoms with Gasteiger partial charge in [0.2, 0.25) is 0 Å². The highest BCUT2D eigenvalue weighted by molar-refractivity contribution is 5.99. The third-order valence-corrected chi connectivity index (χ3v) is 8.07. The number of methoxy groups -OCH3 is 1. The predicted molar refractivity (Wildman–Crippen MR) is 163 cm³/mol. The number of nitrogens with two attached hydrogens (primary N) is 2. The molecule has 0 unspecified atom stereocenters. The van der Waals surface area contributed by atoms with Crippen LogP contribution in [0, 0.1) is 0 Å². The van der Waals surface area contributed by atoms with Crippen LogP contribution in [0.5, 0.6) is 11.8 Å². The van der Waals surface area contributed by atoms with E-state index in [4.69, 9.17) is 25.7 Å². The molecule has 1 aromatic carbocycles. The minimum Gasteiger partial charge on any atom is -0.496 e. The largest absolute Gasteiger partial charge is 0.496 e. The van der Waals surface area contributed by atoms with E-state index in [-0.39, 0.29) is 35.7 Å². The van der Waals surface area contributed by atoms with Gasteiger partial charge in [-0.2, -0.15) is 9.97 Å². The van der Waals surface area contributed by atoms with Gasteiger partial charge in [0.05, 0.1) is 25.6 Å². The summed E-state index contributed by atoms with van der Waals surface area (Å²) in [5.41, 5.74) is 14.1. The molecule has 3 aromatic rings. The summed E-state index contributed by atoms with van der Waals surface area (Å²) in [5.74, 6) is 0.316. The Balaban J connectivity index is 1.36. The number of aromatic nitrogens is 3. The molecule has 1 saturated heterocycles. The lowest BCUT2D eigenvalue weighted by molar-refractivity contribution is -0.00240. The number of nitrogen functional groups attached to an aromatic ring is 1. The lowest BCUT2D eigenvalue weighted by atomic mass is 10.1. The van der Waals surface area contributed by atoms with Gasteiger partial charge in [-0.25, -0.2) is 4.79 Å². The number of piperazine rings is 1. The van der Waals surface area contributed by atoms with Crippen molar-refractivity contribution in [3.8, 4) is 11.8 Å². The van der Waals surface area contributed by atoms with Crippen molar-refractivity contribution in [2.75, 3.05) is 39.1 Å². The van der Waals surface area contributed by atoms with Crippen LogP contribution >= 0.6 is 0 Å². The van der Waals surface area contributed by atoms with E-state index in [2.05, 4.69) is 27.9 Å². The van der Waals surface area contributed by atoms with Gasteiger partial charge in [0.1, 0.15) is 28.5 Å². The van der Waals surface area contributed by atoms with Crippen molar-refractivity contribution in [2.24, 2.45) is 5.73 Å². The van der Waals surface area contributed by atoms with E-state index in [9.17, 15) is 9.59 Å².